The van der Waals surface area contributed by atoms with Crippen LogP contribution in [-0.2, 0) is 15.0 Å². The normalized spacial score (nSPS) is 21.8. The number of hydrogen-bond donors (Lipinski definition) is 0. The molecule has 0 bridgehead atoms. The number of piperidine rings is 1. The van der Waals surface area contributed by atoms with E-state index in [0.717, 1.165) is 5.56 Å². The third-order valence-corrected chi connectivity index (χ3v) is 6.09. The van der Waals surface area contributed by atoms with Gasteiger partial charge in [-0.25, -0.2) is 4.90 Å². The number of hydrogen-bond acceptors (Lipinski definition) is 5. The van der Waals surface area contributed by atoms with Crippen molar-refractivity contribution < 1.29 is 14.3 Å². The van der Waals surface area contributed by atoms with Gasteiger partial charge in [0.25, 0.3) is 5.91 Å². The first-order chi connectivity index (χ1) is 14.1. The van der Waals surface area contributed by atoms with Crippen LogP contribution in [0.25, 0.3) is 0 Å². The van der Waals surface area contributed by atoms with Crippen molar-refractivity contribution in [2.75, 3.05) is 25.1 Å². The number of anilines is 1. The van der Waals surface area contributed by atoms with Crippen molar-refractivity contribution in [1.29, 1.82) is 5.26 Å². The number of likely N-dealkylation sites (tertiary alicyclic amines) is 1. The molecule has 0 N–H and O–H groups in total. The second-order valence-corrected chi connectivity index (χ2v) is 7.58. The van der Waals surface area contributed by atoms with Crippen LogP contribution in [0.1, 0.15) is 24.8 Å². The van der Waals surface area contributed by atoms with Gasteiger partial charge in [-0.1, -0.05) is 30.3 Å². The minimum atomic E-state index is -0.529. The smallest absolute Gasteiger partial charge is 0.251 e. The summed E-state index contributed by atoms with van der Waals surface area (Å²) in [6, 6.07) is 18.8. The molecule has 6 heteroatoms. The number of carbonyl (C=O) groups is 2. The molecular formula is C23H23N3O3. The van der Waals surface area contributed by atoms with Crippen molar-refractivity contribution in [1.82, 2.24) is 4.90 Å². The van der Waals surface area contributed by atoms with Gasteiger partial charge in [0.1, 0.15) is 5.75 Å². The molecule has 29 heavy (non-hydrogen) atoms. The zero-order valence-corrected chi connectivity index (χ0v) is 16.4. The van der Waals surface area contributed by atoms with E-state index in [0.29, 0.717) is 37.4 Å². The van der Waals surface area contributed by atoms with Crippen molar-refractivity contribution in [2.24, 2.45) is 0 Å². The van der Waals surface area contributed by atoms with Crippen LogP contribution in [0.15, 0.2) is 54.6 Å². The van der Waals surface area contributed by atoms with E-state index >= 15 is 0 Å². The van der Waals surface area contributed by atoms with Crippen LogP contribution in [0.2, 0.25) is 0 Å². The van der Waals surface area contributed by atoms with Gasteiger partial charge in [-0.3, -0.25) is 14.5 Å². The lowest BCUT2D eigenvalue weighted by Gasteiger charge is -2.39. The van der Waals surface area contributed by atoms with Crippen LogP contribution in [-0.4, -0.2) is 43.0 Å². The molecule has 0 radical (unpaired) electrons. The van der Waals surface area contributed by atoms with Gasteiger partial charge in [0.15, 0.2) is 0 Å². The Hall–Kier alpha value is -3.17. The summed E-state index contributed by atoms with van der Waals surface area (Å²) in [5, 5.41) is 9.87. The molecule has 2 aromatic rings. The highest BCUT2D eigenvalue weighted by Crippen LogP contribution is 2.37. The number of amides is 2. The predicted molar refractivity (Wildman–Crippen MR) is 108 cm³/mol. The molecule has 148 valence electrons. The summed E-state index contributed by atoms with van der Waals surface area (Å²) in [4.78, 5) is 29.0. The molecule has 6 nitrogen and oxygen atoms in total. The molecule has 1 unspecified atom stereocenters. The van der Waals surface area contributed by atoms with Gasteiger partial charge in [0.05, 0.1) is 36.7 Å². The first-order valence-corrected chi connectivity index (χ1v) is 9.80. The van der Waals surface area contributed by atoms with Crippen LogP contribution in [0.3, 0.4) is 0 Å². The van der Waals surface area contributed by atoms with Crippen molar-refractivity contribution >= 4 is 17.5 Å². The Morgan fingerprint density at radius 2 is 1.69 bits per heavy atom. The maximum absolute atomic E-state index is 13.0. The number of rotatable bonds is 4. The van der Waals surface area contributed by atoms with E-state index in [4.69, 9.17) is 4.74 Å². The molecule has 2 amide bonds. The summed E-state index contributed by atoms with van der Waals surface area (Å²) >= 11 is 0. The number of nitrogens with zero attached hydrogens (tertiary/aromatic N) is 3. The molecule has 0 aliphatic carbocycles. The molecule has 0 spiro atoms. The molecule has 1 atom stereocenters. The fraction of sp³-hybridized carbons (Fsp3) is 0.348. The fourth-order valence-electron chi connectivity index (χ4n) is 4.34. The summed E-state index contributed by atoms with van der Waals surface area (Å²) in [7, 11) is 1.57. The molecule has 4 rings (SSSR count). The van der Waals surface area contributed by atoms with Gasteiger partial charge in [-0.05, 0) is 42.7 Å². The molecule has 2 aliphatic heterocycles. The number of benzene rings is 2. The van der Waals surface area contributed by atoms with E-state index < -0.39 is 11.5 Å². The first kappa shape index (κ1) is 19.2. The van der Waals surface area contributed by atoms with Gasteiger partial charge in [-0.2, -0.15) is 5.26 Å². The Balaban J connectivity index is 1.48. The van der Waals surface area contributed by atoms with Crippen LogP contribution >= 0.6 is 0 Å². The van der Waals surface area contributed by atoms with Gasteiger partial charge >= 0.3 is 0 Å². The molecule has 2 fully saturated rings. The monoisotopic (exact) mass is 389 g/mol. The first-order valence-electron chi connectivity index (χ1n) is 9.80. The predicted octanol–water partition coefficient (Wildman–Crippen LogP) is 2.88. The zero-order chi connectivity index (χ0) is 20.4. The van der Waals surface area contributed by atoms with E-state index in [2.05, 4.69) is 11.0 Å². The number of methoxy groups -OCH3 is 1. The topological polar surface area (TPSA) is 73.6 Å². The maximum atomic E-state index is 13.0. The Labute approximate surface area is 170 Å². The molecule has 0 aromatic heterocycles. The van der Waals surface area contributed by atoms with E-state index in [1.54, 1.807) is 31.4 Å². The summed E-state index contributed by atoms with van der Waals surface area (Å²) in [6.45, 7) is 1.23. The van der Waals surface area contributed by atoms with E-state index in [1.807, 2.05) is 30.3 Å². The minimum absolute atomic E-state index is 0.176. The highest BCUT2D eigenvalue weighted by Gasteiger charge is 2.46. The Morgan fingerprint density at radius 1 is 1.03 bits per heavy atom. The molecule has 2 heterocycles. The molecule has 2 saturated heterocycles. The van der Waals surface area contributed by atoms with Crippen molar-refractivity contribution in [3.63, 3.8) is 0 Å². The molecule has 2 aromatic carbocycles. The highest BCUT2D eigenvalue weighted by atomic mass is 16.5. The largest absolute Gasteiger partial charge is 0.497 e. The number of nitriles is 1. The fourth-order valence-corrected chi connectivity index (χ4v) is 4.34. The summed E-state index contributed by atoms with van der Waals surface area (Å²) < 4.78 is 5.15. The lowest BCUT2D eigenvalue weighted by atomic mass is 9.74. The van der Waals surface area contributed by atoms with E-state index in [9.17, 15) is 14.9 Å². The van der Waals surface area contributed by atoms with Crippen LogP contribution in [0, 0.1) is 11.3 Å². The average molecular weight is 389 g/mol. The summed E-state index contributed by atoms with van der Waals surface area (Å²) in [5.41, 5.74) is 1.06. The lowest BCUT2D eigenvalue weighted by molar-refractivity contribution is -0.123. The van der Waals surface area contributed by atoms with E-state index in [-0.39, 0.29) is 18.2 Å². The third kappa shape index (κ3) is 3.39. The van der Waals surface area contributed by atoms with E-state index in [1.165, 1.54) is 4.90 Å². The Bertz CT molecular complexity index is 942. The summed E-state index contributed by atoms with van der Waals surface area (Å²) in [5.74, 6) is 0.295. The molecule has 0 saturated carbocycles. The van der Waals surface area contributed by atoms with Crippen molar-refractivity contribution in [3.05, 3.63) is 60.2 Å². The van der Waals surface area contributed by atoms with Crippen LogP contribution < -0.4 is 9.64 Å². The van der Waals surface area contributed by atoms with Gasteiger partial charge in [-0.15, -0.1) is 0 Å². The SMILES string of the molecule is COc1ccc(N2C(=O)CC(N3CCC(C#N)(c4ccccc4)CC3)C2=O)cc1. The van der Waals surface area contributed by atoms with Gasteiger partial charge in [0, 0.05) is 13.1 Å². The zero-order valence-electron chi connectivity index (χ0n) is 16.4. The standard InChI is InChI=1S/C23H23N3O3/c1-29-19-9-7-18(8-10-19)26-21(27)15-20(22(26)28)25-13-11-23(16-24,12-14-25)17-5-3-2-4-6-17/h2-10,20H,11-15H2,1H3. The third-order valence-electron chi connectivity index (χ3n) is 6.09. The quantitative estimate of drug-likeness (QED) is 0.752. The van der Waals surface area contributed by atoms with Crippen LogP contribution in [0.5, 0.6) is 5.75 Å². The van der Waals surface area contributed by atoms with Crippen molar-refractivity contribution in [3.8, 4) is 11.8 Å². The van der Waals surface area contributed by atoms with Crippen molar-refractivity contribution in [2.45, 2.75) is 30.7 Å². The number of imide groups is 1. The molecule has 2 aliphatic rings. The highest BCUT2D eigenvalue weighted by molar-refractivity contribution is 6.22. The number of ether oxygens (including phenoxy) is 1. The lowest BCUT2D eigenvalue weighted by Crippen LogP contribution is -2.49. The van der Waals surface area contributed by atoms with Gasteiger partial charge in [0.2, 0.25) is 5.91 Å². The second-order valence-electron chi connectivity index (χ2n) is 7.58. The average Bonchev–Trinajstić information content (AvgIpc) is 3.08. The maximum Gasteiger partial charge on any atom is 0.251 e. The van der Waals surface area contributed by atoms with Crippen LogP contribution in [0.4, 0.5) is 5.69 Å². The number of carbonyl (C=O) groups excluding carboxylic acids is 2. The summed E-state index contributed by atoms with van der Waals surface area (Å²) in [6.07, 6.45) is 1.47. The minimum Gasteiger partial charge on any atom is -0.497 e. The van der Waals surface area contributed by atoms with Gasteiger partial charge < -0.3 is 4.74 Å². The molecular weight excluding hydrogens is 366 g/mol. The second kappa shape index (κ2) is 7.69. The Morgan fingerprint density at radius 3 is 2.28 bits per heavy atom. The Kier molecular flexibility index (Phi) is 5.08.